The summed E-state index contributed by atoms with van der Waals surface area (Å²) in [6.07, 6.45) is 0. The smallest absolute Gasteiger partial charge is 0.362 e. The second kappa shape index (κ2) is 6.65. The fourth-order valence-corrected chi connectivity index (χ4v) is 4.25. The molecule has 2 aromatic rings. The van der Waals surface area contributed by atoms with Gasteiger partial charge in [0.25, 0.3) is 0 Å². The van der Waals surface area contributed by atoms with Crippen molar-refractivity contribution in [3.63, 3.8) is 0 Å². The van der Waals surface area contributed by atoms with Gasteiger partial charge in [-0.3, -0.25) is 0 Å². The molecule has 19 heavy (non-hydrogen) atoms. The molecule has 3 nitrogen and oxygen atoms in total. The zero-order valence-corrected chi connectivity index (χ0v) is 13.3. The zero-order valence-electron chi connectivity index (χ0n) is 11.1. The number of benzene rings is 2. The quantitative estimate of drug-likeness (QED) is 0.684. The molecule has 100 valence electrons. The molecule has 0 fully saturated rings. The van der Waals surface area contributed by atoms with Gasteiger partial charge in [-0.25, -0.2) is 0 Å². The normalized spacial score (nSPS) is 10.1. The van der Waals surface area contributed by atoms with Crippen LogP contribution in [0.1, 0.15) is 0 Å². The number of hydrogen-bond donors (Lipinski definition) is 0. The van der Waals surface area contributed by atoms with Gasteiger partial charge in [0.2, 0.25) is 15.1 Å². The maximum absolute atomic E-state index is 5.50. The summed E-state index contributed by atoms with van der Waals surface area (Å²) in [5.74, 6) is 2.14. The first kappa shape index (κ1) is 14.0. The van der Waals surface area contributed by atoms with Gasteiger partial charge in [0.15, 0.2) is 9.32 Å². The van der Waals surface area contributed by atoms with E-state index in [1.807, 2.05) is 12.1 Å². The summed E-state index contributed by atoms with van der Waals surface area (Å²) in [7, 11) is 4.92. The molecule has 0 atom stereocenters. The highest BCUT2D eigenvalue weighted by atomic mass is 127. The molecule has 0 saturated heterocycles. The lowest BCUT2D eigenvalue weighted by atomic mass is 10.3. The molecule has 0 aliphatic heterocycles. The molecule has 0 aromatic heterocycles. The molecule has 2 rings (SSSR count). The lowest BCUT2D eigenvalue weighted by molar-refractivity contribution is -0.598. The average molecular weight is 371 g/mol. The minimum Gasteiger partial charge on any atom is -0.493 e. The highest BCUT2D eigenvalue weighted by Crippen LogP contribution is 2.36. The molecule has 0 spiro atoms. The number of halogens is 1. The van der Waals surface area contributed by atoms with Crippen LogP contribution in [0.5, 0.6) is 17.2 Å². The number of hydrogen-bond acceptors (Lipinski definition) is 3. The third kappa shape index (κ3) is 3.12. The van der Waals surface area contributed by atoms with E-state index >= 15 is 0 Å². The first-order valence-corrected chi connectivity index (χ1v) is 7.94. The first-order chi connectivity index (χ1) is 9.30. The van der Waals surface area contributed by atoms with Crippen LogP contribution >= 0.6 is 0 Å². The number of ether oxygens (including phenoxy) is 3. The summed E-state index contributed by atoms with van der Waals surface area (Å²) in [6, 6.07) is 14.4. The van der Waals surface area contributed by atoms with E-state index in [1.165, 1.54) is 7.14 Å². The Morgan fingerprint density at radius 1 is 0.737 bits per heavy atom. The molecule has 0 aliphatic carbocycles. The van der Waals surface area contributed by atoms with Gasteiger partial charge in [0.05, 0.1) is 21.3 Å². The Kier molecular flexibility index (Phi) is 4.90. The maximum Gasteiger partial charge on any atom is 0.362 e. The largest absolute Gasteiger partial charge is 0.493 e. The summed E-state index contributed by atoms with van der Waals surface area (Å²) in [5.41, 5.74) is 0. The van der Waals surface area contributed by atoms with E-state index in [0.717, 1.165) is 5.75 Å². The van der Waals surface area contributed by atoms with Crippen LogP contribution in [0.15, 0.2) is 42.5 Å². The van der Waals surface area contributed by atoms with Gasteiger partial charge in [-0.1, -0.05) is 18.2 Å². The van der Waals surface area contributed by atoms with Gasteiger partial charge in [0, 0.05) is 0 Å². The van der Waals surface area contributed by atoms with E-state index in [1.54, 1.807) is 21.3 Å². The second-order valence-electron chi connectivity index (χ2n) is 3.71. The Hall–Kier alpha value is -1.43. The van der Waals surface area contributed by atoms with Gasteiger partial charge >= 0.3 is 21.2 Å². The van der Waals surface area contributed by atoms with Gasteiger partial charge in [-0.2, -0.15) is 0 Å². The lowest BCUT2D eigenvalue weighted by Crippen LogP contribution is -3.61. The van der Waals surface area contributed by atoms with Crippen LogP contribution in [0.4, 0.5) is 0 Å². The molecular weight excluding hydrogens is 355 g/mol. The van der Waals surface area contributed by atoms with Gasteiger partial charge < -0.3 is 14.2 Å². The van der Waals surface area contributed by atoms with Crippen LogP contribution in [-0.2, 0) is 0 Å². The van der Waals surface area contributed by atoms with Gasteiger partial charge in [-0.05, 0) is 24.3 Å². The summed E-state index contributed by atoms with van der Waals surface area (Å²) in [4.78, 5) is 0. The highest BCUT2D eigenvalue weighted by molar-refractivity contribution is 5.50. The minimum absolute atomic E-state index is 0.301. The Morgan fingerprint density at radius 2 is 1.42 bits per heavy atom. The van der Waals surface area contributed by atoms with Crippen molar-refractivity contribution in [2.24, 2.45) is 0 Å². The van der Waals surface area contributed by atoms with Crippen LogP contribution in [-0.4, -0.2) is 21.3 Å². The van der Waals surface area contributed by atoms with Crippen LogP contribution in [0.2, 0.25) is 0 Å². The molecule has 0 N–H and O–H groups in total. The van der Waals surface area contributed by atoms with Crippen LogP contribution in [0.3, 0.4) is 0 Å². The fraction of sp³-hybridized carbons (Fsp3) is 0.200. The molecule has 0 amide bonds. The minimum atomic E-state index is -0.301. The number of methoxy groups -OCH3 is 3. The molecule has 4 heteroatoms. The zero-order chi connectivity index (χ0) is 13.7. The third-order valence-electron chi connectivity index (χ3n) is 2.60. The van der Waals surface area contributed by atoms with Gasteiger partial charge in [-0.15, -0.1) is 0 Å². The molecule has 0 bridgehead atoms. The maximum atomic E-state index is 5.50. The van der Waals surface area contributed by atoms with Crippen LogP contribution in [0.25, 0.3) is 0 Å². The van der Waals surface area contributed by atoms with E-state index in [0.29, 0.717) is 11.5 Å². The van der Waals surface area contributed by atoms with E-state index in [2.05, 4.69) is 30.3 Å². The van der Waals surface area contributed by atoms with Crippen molar-refractivity contribution in [1.82, 2.24) is 0 Å². The number of rotatable bonds is 5. The van der Waals surface area contributed by atoms with Crippen molar-refractivity contribution >= 4 is 0 Å². The monoisotopic (exact) mass is 371 g/mol. The Morgan fingerprint density at radius 3 is 2.00 bits per heavy atom. The summed E-state index contributed by atoms with van der Waals surface area (Å²) in [5, 5.41) is 0. The second-order valence-corrected chi connectivity index (χ2v) is 6.65. The summed E-state index contributed by atoms with van der Waals surface area (Å²) < 4.78 is 18.7. The molecule has 0 unspecified atom stereocenters. The van der Waals surface area contributed by atoms with E-state index < -0.39 is 0 Å². The molecule has 0 heterocycles. The third-order valence-corrected chi connectivity index (χ3v) is 5.37. The molecule has 2 aromatic carbocycles. The molecule has 0 aliphatic rings. The van der Waals surface area contributed by atoms with Crippen molar-refractivity contribution < 1.29 is 35.4 Å². The van der Waals surface area contributed by atoms with Crippen molar-refractivity contribution in [2.75, 3.05) is 21.3 Å². The fourth-order valence-electron chi connectivity index (χ4n) is 1.73. The van der Waals surface area contributed by atoms with Crippen molar-refractivity contribution in [3.05, 3.63) is 49.6 Å². The first-order valence-electron chi connectivity index (χ1n) is 5.79. The van der Waals surface area contributed by atoms with Crippen molar-refractivity contribution in [3.8, 4) is 17.2 Å². The standard InChI is InChI=1S/C15H16IO3/c1-17-13-10-9-12(14(18-2)15(13)19-3)16-11-7-5-4-6-8-11/h4-10H,1-3H3/q+1. The summed E-state index contributed by atoms with van der Waals surface area (Å²) >= 11 is -0.301. The van der Waals surface area contributed by atoms with Crippen LogP contribution in [0, 0.1) is 7.14 Å². The Labute approximate surface area is 123 Å². The predicted molar refractivity (Wildman–Crippen MR) is 69.9 cm³/mol. The molecular formula is C15H16IO3+. The van der Waals surface area contributed by atoms with Crippen molar-refractivity contribution in [2.45, 2.75) is 0 Å². The van der Waals surface area contributed by atoms with E-state index in [-0.39, 0.29) is 21.2 Å². The van der Waals surface area contributed by atoms with Gasteiger partial charge in [0.1, 0.15) is 0 Å². The van der Waals surface area contributed by atoms with Crippen LogP contribution < -0.4 is 35.4 Å². The predicted octanol–water partition coefficient (Wildman–Crippen LogP) is -0.159. The summed E-state index contributed by atoms with van der Waals surface area (Å²) in [6.45, 7) is 0. The van der Waals surface area contributed by atoms with E-state index in [4.69, 9.17) is 14.2 Å². The Balaban J connectivity index is 2.40. The molecule has 0 saturated carbocycles. The topological polar surface area (TPSA) is 27.7 Å². The van der Waals surface area contributed by atoms with E-state index in [9.17, 15) is 0 Å². The SMILES string of the molecule is COc1ccc([I+]c2ccccc2)c(OC)c1OC. The average Bonchev–Trinajstić information content (AvgIpc) is 2.47. The van der Waals surface area contributed by atoms with Crippen molar-refractivity contribution in [1.29, 1.82) is 0 Å². The highest BCUT2D eigenvalue weighted by Gasteiger charge is 2.26. The Bertz CT molecular complexity index is 541. The molecule has 0 radical (unpaired) electrons. The lowest BCUT2D eigenvalue weighted by Gasteiger charge is -2.10.